The first-order valence-corrected chi connectivity index (χ1v) is 7.66. The van der Waals surface area contributed by atoms with E-state index in [0.717, 1.165) is 11.3 Å². The van der Waals surface area contributed by atoms with Crippen molar-refractivity contribution >= 4 is 35.2 Å². The van der Waals surface area contributed by atoms with Gasteiger partial charge in [-0.3, -0.25) is 9.59 Å². The van der Waals surface area contributed by atoms with Crippen molar-refractivity contribution in [2.75, 3.05) is 7.11 Å². The molecule has 122 valence electrons. The Morgan fingerprint density at radius 3 is 2.79 bits per heavy atom. The van der Waals surface area contributed by atoms with E-state index in [4.69, 9.17) is 4.42 Å². The Balaban J connectivity index is 1.94. The lowest BCUT2D eigenvalue weighted by atomic mass is 10.3. The molecule has 0 aliphatic rings. The predicted octanol–water partition coefficient (Wildman–Crippen LogP) is 0.636. The zero-order chi connectivity index (χ0) is 17.1. The van der Waals surface area contributed by atoms with Gasteiger partial charge in [-0.25, -0.2) is 4.79 Å². The van der Waals surface area contributed by atoms with Gasteiger partial charge in [-0.05, 0) is 30.3 Å². The molecular weight excluding hydrogens is 332 g/mol. The molecule has 0 saturated carbocycles. The number of methoxy groups -OCH3 is 1. The van der Waals surface area contributed by atoms with Crippen LogP contribution in [-0.4, -0.2) is 28.8 Å². The molecule has 0 radical (unpaired) electrons. The van der Waals surface area contributed by atoms with Gasteiger partial charge in [-0.1, -0.05) is 0 Å². The van der Waals surface area contributed by atoms with Gasteiger partial charge in [-0.2, -0.15) is 0 Å². The summed E-state index contributed by atoms with van der Waals surface area (Å²) in [6, 6.07) is 6.38. The summed E-state index contributed by atoms with van der Waals surface area (Å²) in [4.78, 5) is 40.8. The third-order valence-electron chi connectivity index (χ3n) is 3.11. The number of nitrogens with one attached hydrogen (secondary N) is 2. The molecular formula is C16H12N2O5S. The lowest BCUT2D eigenvalue weighted by Crippen LogP contribution is -2.20. The molecule has 0 unspecified atom stereocenters. The molecule has 0 aliphatic heterocycles. The van der Waals surface area contributed by atoms with Gasteiger partial charge in [0.05, 0.1) is 22.6 Å². The van der Waals surface area contributed by atoms with Gasteiger partial charge in [0.25, 0.3) is 5.56 Å². The summed E-state index contributed by atoms with van der Waals surface area (Å²) < 4.78 is 10.4. The smallest absolute Gasteiger partial charge is 0.354 e. The molecule has 2 N–H and O–H groups in total. The van der Waals surface area contributed by atoms with Crippen LogP contribution in [0.3, 0.4) is 0 Å². The minimum Gasteiger partial charge on any atom is -0.464 e. The van der Waals surface area contributed by atoms with Crippen molar-refractivity contribution in [2.45, 2.75) is 0 Å². The third-order valence-corrected chi connectivity index (χ3v) is 4.07. The number of carbonyl (C=O) groups excluding carboxylic acids is 2. The first-order chi connectivity index (χ1) is 11.6. The Hall–Kier alpha value is -3.13. The number of ketones is 1. The number of hydrogen-bond acceptors (Lipinski definition) is 6. The number of Topliss-reactive ketones (excluding diaryl/α,β-unsaturated/α-hetero) is 1. The van der Waals surface area contributed by atoms with Crippen LogP contribution in [0.1, 0.15) is 26.7 Å². The van der Waals surface area contributed by atoms with Crippen molar-refractivity contribution in [2.24, 2.45) is 0 Å². The van der Waals surface area contributed by atoms with Gasteiger partial charge in [-0.15, -0.1) is 11.3 Å². The highest BCUT2D eigenvalue weighted by Crippen LogP contribution is 2.04. The number of aromatic amines is 2. The fourth-order valence-electron chi connectivity index (χ4n) is 2.00. The molecule has 3 rings (SSSR count). The number of rotatable bonds is 4. The molecule has 0 atom stereocenters. The Morgan fingerprint density at radius 2 is 2.08 bits per heavy atom. The van der Waals surface area contributed by atoms with E-state index in [9.17, 15) is 14.4 Å². The summed E-state index contributed by atoms with van der Waals surface area (Å²) >= 11 is 1.13. The number of furan rings is 1. The van der Waals surface area contributed by atoms with Crippen molar-refractivity contribution in [1.82, 2.24) is 9.97 Å². The zero-order valence-electron chi connectivity index (χ0n) is 12.5. The minimum absolute atomic E-state index is 0.196. The molecule has 7 nitrogen and oxygen atoms in total. The number of esters is 1. The van der Waals surface area contributed by atoms with Crippen LogP contribution < -0.4 is 14.8 Å². The largest absolute Gasteiger partial charge is 0.464 e. The van der Waals surface area contributed by atoms with Crippen LogP contribution in [-0.2, 0) is 4.74 Å². The lowest BCUT2D eigenvalue weighted by molar-refractivity contribution is 0.0594. The Labute approximate surface area is 138 Å². The van der Waals surface area contributed by atoms with E-state index < -0.39 is 5.97 Å². The van der Waals surface area contributed by atoms with E-state index >= 15 is 0 Å². The summed E-state index contributed by atoms with van der Waals surface area (Å²) in [5.74, 6) is -0.633. The quantitative estimate of drug-likeness (QED) is 0.534. The van der Waals surface area contributed by atoms with E-state index in [1.807, 2.05) is 0 Å². The normalized spacial score (nSPS) is 12.5. The SMILES string of the molecule is COC(=O)c1ccc(/C=c2\s/c(=C\C(=O)c3ccco3)[nH]c2=O)[nH]1. The molecule has 0 saturated heterocycles. The summed E-state index contributed by atoms with van der Waals surface area (Å²) in [7, 11) is 1.29. The highest BCUT2D eigenvalue weighted by Gasteiger charge is 2.08. The van der Waals surface area contributed by atoms with Crippen LogP contribution in [0.15, 0.2) is 39.7 Å². The number of hydrogen-bond donors (Lipinski definition) is 2. The number of ether oxygens (including phenoxy) is 1. The number of thiazole rings is 1. The van der Waals surface area contributed by atoms with Crippen molar-refractivity contribution < 1.29 is 18.7 Å². The second kappa shape index (κ2) is 6.55. The van der Waals surface area contributed by atoms with Crippen molar-refractivity contribution in [3.8, 4) is 0 Å². The van der Waals surface area contributed by atoms with Crippen molar-refractivity contribution in [3.63, 3.8) is 0 Å². The van der Waals surface area contributed by atoms with E-state index in [1.165, 1.54) is 19.4 Å². The molecule has 3 aromatic rings. The van der Waals surface area contributed by atoms with Crippen LogP contribution in [0.2, 0.25) is 0 Å². The maximum Gasteiger partial charge on any atom is 0.354 e. The topological polar surface area (TPSA) is 105 Å². The second-order valence-corrected chi connectivity index (χ2v) is 5.82. The van der Waals surface area contributed by atoms with Gasteiger partial charge >= 0.3 is 5.97 Å². The molecule has 0 fully saturated rings. The first kappa shape index (κ1) is 15.8. The van der Waals surface area contributed by atoms with E-state index in [0.29, 0.717) is 14.9 Å². The molecule has 0 bridgehead atoms. The van der Waals surface area contributed by atoms with Crippen molar-refractivity contribution in [1.29, 1.82) is 0 Å². The number of aromatic nitrogens is 2. The van der Waals surface area contributed by atoms with Crippen LogP contribution in [0.25, 0.3) is 12.2 Å². The average molecular weight is 344 g/mol. The van der Waals surface area contributed by atoms with Crippen LogP contribution in [0.4, 0.5) is 0 Å². The van der Waals surface area contributed by atoms with E-state index in [-0.39, 0.29) is 22.8 Å². The standard InChI is InChI=1S/C16H12N2O5S/c1-22-16(21)10-5-4-9(17-10)7-13-15(20)18-14(24-13)8-11(19)12-3-2-6-23-12/h2-8,17H,1H3,(H,18,20)/b13-7-,14-8-. The Morgan fingerprint density at radius 1 is 1.25 bits per heavy atom. The molecule has 0 aromatic carbocycles. The lowest BCUT2D eigenvalue weighted by Gasteiger charge is -1.92. The Bertz CT molecular complexity index is 1050. The summed E-state index contributed by atoms with van der Waals surface area (Å²) in [6.07, 6.45) is 4.29. The number of carbonyl (C=O) groups is 2. The maximum atomic E-state index is 12.0. The summed E-state index contributed by atoms with van der Waals surface area (Å²) in [5.41, 5.74) is 0.538. The fraction of sp³-hybridized carbons (Fsp3) is 0.0625. The zero-order valence-corrected chi connectivity index (χ0v) is 13.3. The highest BCUT2D eigenvalue weighted by atomic mass is 32.1. The van der Waals surface area contributed by atoms with E-state index in [2.05, 4.69) is 14.7 Å². The summed E-state index contributed by atoms with van der Waals surface area (Å²) in [6.45, 7) is 0. The molecule has 3 heterocycles. The molecule has 0 amide bonds. The molecule has 8 heteroatoms. The highest BCUT2D eigenvalue weighted by molar-refractivity contribution is 7.07. The monoisotopic (exact) mass is 344 g/mol. The average Bonchev–Trinajstić information content (AvgIpc) is 3.29. The predicted molar refractivity (Wildman–Crippen MR) is 87.4 cm³/mol. The maximum absolute atomic E-state index is 12.0. The van der Waals surface area contributed by atoms with Gasteiger partial charge in [0, 0.05) is 11.8 Å². The molecule has 0 spiro atoms. The molecule has 24 heavy (non-hydrogen) atoms. The van der Waals surface area contributed by atoms with Gasteiger partial charge in [0.2, 0.25) is 5.78 Å². The van der Waals surface area contributed by atoms with E-state index in [1.54, 1.807) is 30.3 Å². The van der Waals surface area contributed by atoms with Gasteiger partial charge in [0.15, 0.2) is 5.76 Å². The minimum atomic E-state index is -0.493. The van der Waals surface area contributed by atoms with Gasteiger partial charge in [0.1, 0.15) is 5.69 Å². The first-order valence-electron chi connectivity index (χ1n) is 6.84. The second-order valence-electron chi connectivity index (χ2n) is 4.73. The Kier molecular flexibility index (Phi) is 4.30. The molecule has 3 aromatic heterocycles. The van der Waals surface area contributed by atoms with Crippen LogP contribution >= 0.6 is 11.3 Å². The third kappa shape index (κ3) is 3.28. The summed E-state index contributed by atoms with van der Waals surface area (Å²) in [5, 5.41) is 0. The number of H-pyrrole nitrogens is 2. The molecule has 0 aliphatic carbocycles. The fourth-order valence-corrected chi connectivity index (χ4v) is 2.88. The van der Waals surface area contributed by atoms with Crippen molar-refractivity contribution in [3.05, 3.63) is 67.2 Å². The van der Waals surface area contributed by atoms with Crippen LogP contribution in [0, 0.1) is 0 Å². The van der Waals surface area contributed by atoms with Gasteiger partial charge < -0.3 is 19.1 Å². The van der Waals surface area contributed by atoms with Crippen LogP contribution in [0.5, 0.6) is 0 Å².